The summed E-state index contributed by atoms with van der Waals surface area (Å²) in [6.45, 7) is 1.53. The van der Waals surface area contributed by atoms with Gasteiger partial charge in [-0.05, 0) is 25.1 Å². The number of hydrogen-bond donors (Lipinski definition) is 5. The number of carboxylic acid groups (broad SMARTS) is 1. The maximum atomic E-state index is 11.2. The van der Waals surface area contributed by atoms with Gasteiger partial charge in [0, 0.05) is 5.02 Å². The number of aliphatic hydroxyl groups is 3. The maximum absolute atomic E-state index is 11.2. The first kappa shape index (κ1) is 16.0. The fraction of sp³-hybridized carbons (Fsp3) is 0.462. The van der Waals surface area contributed by atoms with Crippen molar-refractivity contribution in [2.45, 2.75) is 37.6 Å². The normalized spacial score (nSPS) is 32.7. The van der Waals surface area contributed by atoms with Gasteiger partial charge in [-0.1, -0.05) is 11.6 Å². The highest BCUT2D eigenvalue weighted by atomic mass is 35.5. The molecule has 21 heavy (non-hydrogen) atoms. The molecule has 1 fully saturated rings. The number of halogens is 1. The molecule has 0 radical (unpaired) electrons. The molecule has 1 aromatic carbocycles. The molecule has 0 aromatic heterocycles. The van der Waals surface area contributed by atoms with Crippen LogP contribution in [-0.4, -0.2) is 57.0 Å². The summed E-state index contributed by atoms with van der Waals surface area (Å²) < 4.78 is 5.35. The predicted molar refractivity (Wildman–Crippen MR) is 74.4 cm³/mol. The van der Waals surface area contributed by atoms with Gasteiger partial charge < -0.3 is 30.5 Å². The van der Waals surface area contributed by atoms with Crippen LogP contribution in [-0.2, 0) is 4.74 Å². The van der Waals surface area contributed by atoms with Crippen molar-refractivity contribution in [2.75, 3.05) is 5.32 Å². The monoisotopic (exact) mass is 317 g/mol. The maximum Gasteiger partial charge on any atom is 0.337 e. The molecule has 5 unspecified atom stereocenters. The van der Waals surface area contributed by atoms with E-state index < -0.39 is 36.6 Å². The van der Waals surface area contributed by atoms with Gasteiger partial charge in [-0.15, -0.1) is 0 Å². The minimum Gasteiger partial charge on any atom is -0.478 e. The molecule has 0 saturated carbocycles. The van der Waals surface area contributed by atoms with Gasteiger partial charge in [0.1, 0.15) is 18.3 Å². The van der Waals surface area contributed by atoms with Crippen LogP contribution in [0.1, 0.15) is 17.3 Å². The van der Waals surface area contributed by atoms with Crippen molar-refractivity contribution in [1.82, 2.24) is 0 Å². The van der Waals surface area contributed by atoms with E-state index in [1.165, 1.54) is 25.1 Å². The molecule has 1 aromatic rings. The third-order valence-corrected chi connectivity index (χ3v) is 3.60. The SMILES string of the molecule is CC1OC(Nc2cc(Cl)ccc2C(=O)O)C(O)C(O)C1O. The van der Waals surface area contributed by atoms with E-state index in [2.05, 4.69) is 5.32 Å². The Morgan fingerprint density at radius 3 is 2.52 bits per heavy atom. The van der Waals surface area contributed by atoms with Gasteiger partial charge in [0.25, 0.3) is 0 Å². The average Bonchev–Trinajstić information content (AvgIpc) is 2.42. The first-order valence-electron chi connectivity index (χ1n) is 6.30. The summed E-state index contributed by atoms with van der Waals surface area (Å²) in [7, 11) is 0. The van der Waals surface area contributed by atoms with Crippen molar-refractivity contribution in [3.63, 3.8) is 0 Å². The van der Waals surface area contributed by atoms with Crippen LogP contribution in [0, 0.1) is 0 Å². The van der Waals surface area contributed by atoms with Gasteiger partial charge in [-0.25, -0.2) is 4.79 Å². The lowest BCUT2D eigenvalue weighted by atomic mass is 9.99. The van der Waals surface area contributed by atoms with Gasteiger partial charge in [0.05, 0.1) is 17.4 Å². The van der Waals surface area contributed by atoms with Gasteiger partial charge in [-0.2, -0.15) is 0 Å². The molecule has 5 N–H and O–H groups in total. The number of aliphatic hydroxyl groups excluding tert-OH is 3. The van der Waals surface area contributed by atoms with Crippen LogP contribution >= 0.6 is 11.6 Å². The number of benzene rings is 1. The number of nitrogens with one attached hydrogen (secondary N) is 1. The highest BCUT2D eigenvalue weighted by molar-refractivity contribution is 6.31. The molecule has 1 aliphatic heterocycles. The minimum absolute atomic E-state index is 0.0523. The molecule has 1 saturated heterocycles. The zero-order valence-electron chi connectivity index (χ0n) is 11.1. The Morgan fingerprint density at radius 2 is 1.90 bits per heavy atom. The van der Waals surface area contributed by atoms with E-state index in [-0.39, 0.29) is 11.3 Å². The molecule has 116 valence electrons. The van der Waals surface area contributed by atoms with Crippen LogP contribution < -0.4 is 5.32 Å². The highest BCUT2D eigenvalue weighted by Crippen LogP contribution is 2.26. The van der Waals surface area contributed by atoms with Gasteiger partial charge in [0.15, 0.2) is 6.23 Å². The lowest BCUT2D eigenvalue weighted by Crippen LogP contribution is -2.58. The molecule has 0 aliphatic carbocycles. The zero-order valence-corrected chi connectivity index (χ0v) is 11.9. The second-order valence-corrected chi connectivity index (χ2v) is 5.31. The number of carbonyl (C=O) groups is 1. The summed E-state index contributed by atoms with van der Waals surface area (Å²) in [4.78, 5) is 11.2. The second kappa shape index (κ2) is 6.17. The minimum atomic E-state index is -1.42. The number of aromatic carboxylic acids is 1. The van der Waals surface area contributed by atoms with Crippen LogP contribution in [0.15, 0.2) is 18.2 Å². The number of rotatable bonds is 3. The average molecular weight is 318 g/mol. The van der Waals surface area contributed by atoms with Gasteiger partial charge in [-0.3, -0.25) is 0 Å². The van der Waals surface area contributed by atoms with E-state index in [9.17, 15) is 20.1 Å². The molecule has 0 bridgehead atoms. The van der Waals surface area contributed by atoms with Crippen molar-refractivity contribution in [3.05, 3.63) is 28.8 Å². The summed E-state index contributed by atoms with van der Waals surface area (Å²) in [6, 6.07) is 4.12. The molecule has 7 nitrogen and oxygen atoms in total. The predicted octanol–water partition coefficient (Wildman–Crippen LogP) is 0.278. The Balaban J connectivity index is 2.25. The number of ether oxygens (including phenoxy) is 1. The molecule has 1 heterocycles. The highest BCUT2D eigenvalue weighted by Gasteiger charge is 2.42. The number of anilines is 1. The van der Waals surface area contributed by atoms with E-state index >= 15 is 0 Å². The molecule has 2 rings (SSSR count). The van der Waals surface area contributed by atoms with E-state index in [4.69, 9.17) is 21.4 Å². The standard InChI is InChI=1S/C13H16ClNO6/c1-5-9(16)10(17)11(18)12(21-5)15-8-4-6(14)2-3-7(8)13(19)20/h2-5,9-12,15-18H,1H3,(H,19,20). The Morgan fingerprint density at radius 1 is 1.24 bits per heavy atom. The van der Waals surface area contributed by atoms with Crippen molar-refractivity contribution < 1.29 is 30.0 Å². The van der Waals surface area contributed by atoms with Crippen molar-refractivity contribution >= 4 is 23.3 Å². The largest absolute Gasteiger partial charge is 0.478 e. The van der Waals surface area contributed by atoms with Gasteiger partial charge >= 0.3 is 5.97 Å². The topological polar surface area (TPSA) is 119 Å². The summed E-state index contributed by atoms with van der Waals surface area (Å²) in [6.07, 6.45) is -5.85. The Hall–Kier alpha value is -1.38. The molecule has 0 spiro atoms. The first-order chi connectivity index (χ1) is 9.81. The molecule has 8 heteroatoms. The van der Waals surface area contributed by atoms with E-state index in [1.54, 1.807) is 0 Å². The Kier molecular flexibility index (Phi) is 4.70. The molecule has 0 amide bonds. The van der Waals surface area contributed by atoms with Crippen LogP contribution in [0.25, 0.3) is 0 Å². The quantitative estimate of drug-likeness (QED) is 0.543. The van der Waals surface area contributed by atoms with Crippen LogP contribution in [0.4, 0.5) is 5.69 Å². The lowest BCUT2D eigenvalue weighted by molar-refractivity contribution is -0.209. The van der Waals surface area contributed by atoms with Crippen molar-refractivity contribution in [3.8, 4) is 0 Å². The van der Waals surface area contributed by atoms with E-state index in [0.717, 1.165) is 0 Å². The van der Waals surface area contributed by atoms with Crippen molar-refractivity contribution in [2.24, 2.45) is 0 Å². The molecular formula is C13H16ClNO6. The van der Waals surface area contributed by atoms with Crippen molar-refractivity contribution in [1.29, 1.82) is 0 Å². The van der Waals surface area contributed by atoms with E-state index in [0.29, 0.717) is 5.02 Å². The fourth-order valence-corrected chi connectivity index (χ4v) is 2.32. The Bertz CT molecular complexity index is 539. The van der Waals surface area contributed by atoms with Crippen LogP contribution in [0.2, 0.25) is 5.02 Å². The lowest BCUT2D eigenvalue weighted by Gasteiger charge is -2.40. The first-order valence-corrected chi connectivity index (χ1v) is 6.68. The summed E-state index contributed by atoms with van der Waals surface area (Å²) in [5.74, 6) is -1.17. The molecular weight excluding hydrogens is 302 g/mol. The smallest absolute Gasteiger partial charge is 0.337 e. The van der Waals surface area contributed by atoms with Crippen LogP contribution in [0.3, 0.4) is 0 Å². The zero-order chi connectivity index (χ0) is 15.7. The fourth-order valence-electron chi connectivity index (χ4n) is 2.15. The number of carboxylic acids is 1. The number of hydrogen-bond acceptors (Lipinski definition) is 6. The molecule has 5 atom stereocenters. The summed E-state index contributed by atoms with van der Waals surface area (Å²) in [5.41, 5.74) is 0.0957. The van der Waals surface area contributed by atoms with Gasteiger partial charge in [0.2, 0.25) is 0 Å². The Labute approximate surface area is 125 Å². The summed E-state index contributed by atoms with van der Waals surface area (Å²) >= 11 is 5.83. The van der Waals surface area contributed by atoms with E-state index in [1.807, 2.05) is 0 Å². The third kappa shape index (κ3) is 3.28. The van der Waals surface area contributed by atoms with Crippen LogP contribution in [0.5, 0.6) is 0 Å². The summed E-state index contributed by atoms with van der Waals surface area (Å²) in [5, 5.41) is 41.4. The second-order valence-electron chi connectivity index (χ2n) is 4.87. The molecule has 1 aliphatic rings. The third-order valence-electron chi connectivity index (χ3n) is 3.36.